The van der Waals surface area contributed by atoms with Crippen molar-refractivity contribution in [3.8, 4) is 0 Å². The summed E-state index contributed by atoms with van der Waals surface area (Å²) in [5.41, 5.74) is 15.2. The first-order chi connectivity index (χ1) is 34.5. The van der Waals surface area contributed by atoms with Crippen molar-refractivity contribution in [2.24, 2.45) is 0 Å². The summed E-state index contributed by atoms with van der Waals surface area (Å²) in [7, 11) is 5.58. The molecule has 0 aromatic heterocycles. The van der Waals surface area contributed by atoms with Crippen molar-refractivity contribution in [3.05, 3.63) is 302 Å². The van der Waals surface area contributed by atoms with Crippen molar-refractivity contribution in [3.63, 3.8) is 0 Å². The second-order valence-corrected chi connectivity index (χ2v) is 18.2. The van der Waals surface area contributed by atoms with Crippen LogP contribution in [-0.4, -0.2) is 21.3 Å². The lowest BCUT2D eigenvalue weighted by atomic mass is 9.62. The largest absolute Gasteiger partial charge is 0.364 e. The van der Waals surface area contributed by atoms with Gasteiger partial charge in [0.05, 0.1) is 17.1 Å². The van der Waals surface area contributed by atoms with E-state index in [4.69, 9.17) is 14.2 Å². The molecule has 0 radical (unpaired) electrons. The van der Waals surface area contributed by atoms with Crippen LogP contribution in [0.4, 0.5) is 17.1 Å². The Bertz CT molecular complexity index is 3030. The lowest BCUT2D eigenvalue weighted by Gasteiger charge is -2.57. The summed E-state index contributed by atoms with van der Waals surface area (Å²) in [6.45, 7) is 0. The molecule has 4 nitrogen and oxygen atoms in total. The summed E-state index contributed by atoms with van der Waals surface area (Å²) in [6.07, 6.45) is 13.3. The van der Waals surface area contributed by atoms with Gasteiger partial charge in [0.2, 0.25) is 0 Å². The van der Waals surface area contributed by atoms with Gasteiger partial charge >= 0.3 is 0 Å². The predicted molar refractivity (Wildman–Crippen MR) is 287 cm³/mol. The van der Waals surface area contributed by atoms with Crippen molar-refractivity contribution in [1.82, 2.24) is 0 Å². The number of ether oxygens (including phenoxy) is 3. The summed E-state index contributed by atoms with van der Waals surface area (Å²) in [5, 5.41) is 0. The molecule has 3 aliphatic heterocycles. The SMILES string of the molecule is COC1(c2ccccc2)c2cc(/C=C/c3ccccc3)cc3c2N2c4c1cc(/C=C/c1ccccc1)cc4C(OC)(c1ccccc1)c1cc(/C=C/c4ccccc4)cc(c12)C3(OC)c1ccccc1. The number of rotatable bonds is 12. The first-order valence-electron chi connectivity index (χ1n) is 23.9. The third kappa shape index (κ3) is 6.56. The molecule has 0 spiro atoms. The zero-order valence-electron chi connectivity index (χ0n) is 39.4. The van der Waals surface area contributed by atoms with Crippen LogP contribution >= 0.6 is 0 Å². The highest BCUT2D eigenvalue weighted by Gasteiger charge is 2.60. The van der Waals surface area contributed by atoms with E-state index in [1.807, 2.05) is 21.3 Å². The van der Waals surface area contributed by atoms with E-state index in [9.17, 15) is 0 Å². The molecule has 70 heavy (non-hydrogen) atoms. The summed E-state index contributed by atoms with van der Waals surface area (Å²) in [5.74, 6) is 0. The minimum absolute atomic E-state index is 1.01. The van der Waals surface area contributed by atoms with Crippen LogP contribution < -0.4 is 4.90 Å². The molecular weight excluding hydrogens is 855 g/mol. The Morgan fingerprint density at radius 2 is 0.471 bits per heavy atom. The molecule has 0 saturated heterocycles. The molecular formula is C66H51NO3. The molecule has 3 aliphatic rings. The van der Waals surface area contributed by atoms with Gasteiger partial charge < -0.3 is 19.1 Å². The van der Waals surface area contributed by atoms with Crippen molar-refractivity contribution < 1.29 is 14.2 Å². The maximum absolute atomic E-state index is 7.33. The van der Waals surface area contributed by atoms with Gasteiger partial charge in [-0.2, -0.15) is 0 Å². The molecule has 9 aromatic rings. The van der Waals surface area contributed by atoms with Gasteiger partial charge in [0.1, 0.15) is 16.8 Å². The zero-order chi connectivity index (χ0) is 47.3. The number of anilines is 3. The standard InChI is InChI=1S/C66H51NO3/c1-68-64(52-28-16-7-17-29-52)55-40-49(37-34-46-22-10-4-11-23-46)42-57-61(55)67-62-56(64)41-50(38-35-47-24-12-5-13-25-47)43-58(62)66(70-3,54-32-20-9-21-33-54)60-45-51(39-36-48-26-14-6-15-27-48)44-59(63(60)67)65(57,69-2)53-30-18-8-19-31-53/h4-45H,1-3H3/b37-34+,38-35+,39-36+. The number of nitrogens with zero attached hydrogens (tertiary/aromatic N) is 1. The van der Waals surface area contributed by atoms with Crippen LogP contribution in [0.15, 0.2) is 218 Å². The molecule has 0 unspecified atom stereocenters. The Labute approximate surface area is 410 Å². The highest BCUT2D eigenvalue weighted by atomic mass is 16.5. The Morgan fingerprint density at radius 1 is 0.271 bits per heavy atom. The van der Waals surface area contributed by atoms with E-state index in [-0.39, 0.29) is 0 Å². The first kappa shape index (κ1) is 43.2. The van der Waals surface area contributed by atoms with Crippen molar-refractivity contribution in [2.75, 3.05) is 26.2 Å². The molecule has 3 heterocycles. The number of hydrogen-bond donors (Lipinski definition) is 0. The molecule has 4 heteroatoms. The molecule has 0 aliphatic carbocycles. The minimum Gasteiger partial charge on any atom is -0.364 e. The molecule has 0 bridgehead atoms. The van der Waals surface area contributed by atoms with Crippen molar-refractivity contribution in [2.45, 2.75) is 16.8 Å². The number of methoxy groups -OCH3 is 3. The van der Waals surface area contributed by atoms with Gasteiger partial charge in [-0.25, -0.2) is 0 Å². The van der Waals surface area contributed by atoms with Crippen LogP contribution in [0.5, 0.6) is 0 Å². The summed E-state index contributed by atoms with van der Waals surface area (Å²) in [6, 6.07) is 77.6. The van der Waals surface area contributed by atoms with Crippen LogP contribution in [-0.2, 0) is 31.0 Å². The lowest BCUT2D eigenvalue weighted by molar-refractivity contribution is 0.0437. The predicted octanol–water partition coefficient (Wildman–Crippen LogP) is 15.4. The van der Waals surface area contributed by atoms with E-state index in [1.165, 1.54) is 0 Å². The van der Waals surface area contributed by atoms with Crippen LogP contribution in [0.1, 0.15) is 83.5 Å². The van der Waals surface area contributed by atoms with Gasteiger partial charge in [-0.1, -0.05) is 218 Å². The van der Waals surface area contributed by atoms with E-state index in [1.54, 1.807) is 0 Å². The average Bonchev–Trinajstić information content (AvgIpc) is 3.43. The van der Waals surface area contributed by atoms with Gasteiger partial charge in [0, 0.05) is 54.7 Å². The summed E-state index contributed by atoms with van der Waals surface area (Å²) < 4.78 is 22.0. The van der Waals surface area contributed by atoms with Gasteiger partial charge in [0.15, 0.2) is 0 Å². The van der Waals surface area contributed by atoms with Crippen LogP contribution in [0, 0.1) is 0 Å². The quantitative estimate of drug-likeness (QED) is 0.114. The molecule has 9 aromatic carbocycles. The highest BCUT2D eigenvalue weighted by molar-refractivity contribution is 6.01. The lowest BCUT2D eigenvalue weighted by Crippen LogP contribution is -2.49. The third-order valence-electron chi connectivity index (χ3n) is 14.6. The Morgan fingerprint density at radius 3 is 0.686 bits per heavy atom. The van der Waals surface area contributed by atoms with Crippen LogP contribution in [0.2, 0.25) is 0 Å². The maximum Gasteiger partial charge on any atom is 0.147 e. The molecule has 0 N–H and O–H groups in total. The topological polar surface area (TPSA) is 30.9 Å². The molecule has 338 valence electrons. The molecule has 0 fully saturated rings. The van der Waals surface area contributed by atoms with E-state index in [0.29, 0.717) is 0 Å². The maximum atomic E-state index is 7.33. The molecule has 0 amide bonds. The first-order valence-corrected chi connectivity index (χ1v) is 23.9. The van der Waals surface area contributed by atoms with E-state index in [0.717, 1.165) is 101 Å². The minimum atomic E-state index is -1.11. The Balaban J connectivity index is 1.29. The van der Waals surface area contributed by atoms with Gasteiger partial charge in [-0.3, -0.25) is 0 Å². The van der Waals surface area contributed by atoms with Crippen LogP contribution in [0.3, 0.4) is 0 Å². The number of hydrogen-bond acceptors (Lipinski definition) is 4. The fourth-order valence-electron chi connectivity index (χ4n) is 11.6. The highest BCUT2D eigenvalue weighted by Crippen LogP contribution is 2.69. The fourth-order valence-corrected chi connectivity index (χ4v) is 11.6. The molecule has 12 rings (SSSR count). The Kier molecular flexibility index (Phi) is 10.8. The second-order valence-electron chi connectivity index (χ2n) is 18.2. The van der Waals surface area contributed by atoms with E-state index < -0.39 is 16.8 Å². The molecule has 0 atom stereocenters. The number of benzene rings is 9. The van der Waals surface area contributed by atoms with Gasteiger partial charge in [-0.05, 0) is 86.5 Å². The summed E-state index contributed by atoms with van der Waals surface area (Å²) >= 11 is 0. The van der Waals surface area contributed by atoms with Crippen molar-refractivity contribution >= 4 is 53.5 Å². The van der Waals surface area contributed by atoms with Gasteiger partial charge in [0.25, 0.3) is 0 Å². The molecule has 0 saturated carbocycles. The average molecular weight is 906 g/mol. The third-order valence-corrected chi connectivity index (χ3v) is 14.6. The zero-order valence-corrected chi connectivity index (χ0v) is 39.4. The van der Waals surface area contributed by atoms with Gasteiger partial charge in [-0.15, -0.1) is 0 Å². The van der Waals surface area contributed by atoms with E-state index >= 15 is 0 Å². The second kappa shape index (κ2) is 17.4. The van der Waals surface area contributed by atoms with Crippen molar-refractivity contribution in [1.29, 1.82) is 0 Å². The van der Waals surface area contributed by atoms with E-state index in [2.05, 4.69) is 260 Å². The Hall–Kier alpha value is -8.12. The smallest absolute Gasteiger partial charge is 0.147 e. The van der Waals surface area contributed by atoms with Crippen LogP contribution in [0.25, 0.3) is 36.5 Å². The monoisotopic (exact) mass is 905 g/mol. The fraction of sp³-hybridized carbons (Fsp3) is 0.0909. The normalized spacial score (nSPS) is 19.5. The summed E-state index contributed by atoms with van der Waals surface area (Å²) in [4.78, 5) is 2.53.